The topological polar surface area (TPSA) is 71.9 Å². The molecule has 1 saturated heterocycles. The number of likely N-dealkylation sites (tertiary alicyclic amines) is 1. The summed E-state index contributed by atoms with van der Waals surface area (Å²) in [7, 11) is -2.22. The van der Waals surface area contributed by atoms with E-state index in [1.54, 1.807) is 0 Å². The van der Waals surface area contributed by atoms with Crippen LogP contribution in [-0.4, -0.2) is 42.5 Å². The number of benzene rings is 1. The van der Waals surface area contributed by atoms with Crippen molar-refractivity contribution in [1.82, 2.24) is 9.88 Å². The zero-order chi connectivity index (χ0) is 31.7. The summed E-state index contributed by atoms with van der Waals surface area (Å²) in [6.07, 6.45) is -3.52. The van der Waals surface area contributed by atoms with Gasteiger partial charge in [-0.3, -0.25) is 4.98 Å². The molecule has 6 nitrogen and oxygen atoms in total. The molecule has 1 fully saturated rings. The number of carbonyl (C=O) groups is 1. The Kier molecular flexibility index (Phi) is 8.09. The number of fused-ring (bicyclic) bond motifs is 2. The van der Waals surface area contributed by atoms with Gasteiger partial charge in [0.2, 0.25) is 0 Å². The summed E-state index contributed by atoms with van der Waals surface area (Å²) >= 11 is 0. The molecule has 3 aliphatic rings. The second kappa shape index (κ2) is 10.9. The van der Waals surface area contributed by atoms with Gasteiger partial charge in [-0.15, -0.1) is 0 Å². The third kappa shape index (κ3) is 6.11. The van der Waals surface area contributed by atoms with Crippen LogP contribution in [0.2, 0.25) is 18.1 Å². The summed E-state index contributed by atoms with van der Waals surface area (Å²) in [5.41, 5.74) is 4.93. The number of piperidine rings is 1. The number of nitrogens with zero attached hydrogens (tertiary/aromatic N) is 2. The molecule has 236 valence electrons. The van der Waals surface area contributed by atoms with Gasteiger partial charge in [-0.05, 0) is 85.3 Å². The smallest absolute Gasteiger partial charge is 0.416 e. The van der Waals surface area contributed by atoms with Crippen molar-refractivity contribution < 1.29 is 32.2 Å². The Morgan fingerprint density at radius 1 is 1.07 bits per heavy atom. The highest BCUT2D eigenvalue weighted by molar-refractivity contribution is 6.74. The molecular formula is C33H45F3N2O4Si. The summed E-state index contributed by atoms with van der Waals surface area (Å²) < 4.78 is 53.9. The Labute approximate surface area is 254 Å². The summed E-state index contributed by atoms with van der Waals surface area (Å²) in [6.45, 7) is 18.5. The highest BCUT2D eigenvalue weighted by Gasteiger charge is 2.47. The highest BCUT2D eigenvalue weighted by Crippen LogP contribution is 2.55. The van der Waals surface area contributed by atoms with Gasteiger partial charge in [-0.1, -0.05) is 46.8 Å². The van der Waals surface area contributed by atoms with E-state index in [-0.39, 0.29) is 28.6 Å². The monoisotopic (exact) mass is 618 g/mol. The lowest BCUT2D eigenvalue weighted by atomic mass is 9.70. The van der Waals surface area contributed by atoms with E-state index in [4.69, 9.17) is 14.1 Å². The minimum absolute atomic E-state index is 0.00765. The molecule has 0 saturated carbocycles. The number of pyridine rings is 1. The molecule has 3 heterocycles. The van der Waals surface area contributed by atoms with E-state index in [0.29, 0.717) is 31.5 Å². The maximum atomic E-state index is 13.4. The molecule has 0 spiro atoms. The second-order valence-corrected chi connectivity index (χ2v) is 19.7. The molecule has 1 aromatic carbocycles. The Hall–Kier alpha value is -2.43. The molecule has 1 aliphatic carbocycles. The van der Waals surface area contributed by atoms with Gasteiger partial charge in [0.05, 0.1) is 23.5 Å². The van der Waals surface area contributed by atoms with Crippen molar-refractivity contribution >= 4 is 14.4 Å². The molecule has 3 atom stereocenters. The van der Waals surface area contributed by atoms with E-state index in [0.717, 1.165) is 53.1 Å². The van der Waals surface area contributed by atoms with Crippen LogP contribution in [0, 0.1) is 5.41 Å². The molecule has 43 heavy (non-hydrogen) atoms. The van der Waals surface area contributed by atoms with Crippen molar-refractivity contribution in [3.8, 4) is 0 Å². The first-order valence-electron chi connectivity index (χ1n) is 15.3. The van der Waals surface area contributed by atoms with E-state index in [1.165, 1.54) is 17.0 Å². The predicted octanol–water partition coefficient (Wildman–Crippen LogP) is 9.17. The maximum Gasteiger partial charge on any atom is 0.416 e. The summed E-state index contributed by atoms with van der Waals surface area (Å²) in [5, 5.41) is 9.64. The molecule has 2 aliphatic heterocycles. The Balaban J connectivity index is 1.70. The number of halogens is 3. The number of carboxylic acid groups (broad SMARTS) is 1. The summed E-state index contributed by atoms with van der Waals surface area (Å²) in [4.78, 5) is 18.5. The van der Waals surface area contributed by atoms with E-state index in [1.807, 2.05) is 6.92 Å². The van der Waals surface area contributed by atoms with Crippen molar-refractivity contribution in [3.63, 3.8) is 0 Å². The third-order valence-corrected chi connectivity index (χ3v) is 14.6. The second-order valence-electron chi connectivity index (χ2n) is 14.9. The predicted molar refractivity (Wildman–Crippen MR) is 162 cm³/mol. The van der Waals surface area contributed by atoms with Crippen LogP contribution in [0.1, 0.15) is 124 Å². The van der Waals surface area contributed by atoms with E-state index < -0.39 is 32.3 Å². The van der Waals surface area contributed by atoms with Crippen molar-refractivity contribution in [2.75, 3.05) is 13.1 Å². The average Bonchev–Trinajstić information content (AvgIpc) is 3.21. The first-order chi connectivity index (χ1) is 19.8. The fourth-order valence-electron chi connectivity index (χ4n) is 6.77. The maximum absolute atomic E-state index is 13.4. The molecule has 10 heteroatoms. The van der Waals surface area contributed by atoms with E-state index in [9.17, 15) is 23.1 Å². The quantitative estimate of drug-likeness (QED) is 0.346. The SMILES string of the molecule is CC1OC(c2ccc(C(F)(F)F)cc2)c2c1nc1c(c2C2CCN(C(=O)O)CC2)[C@@H](O[Si](C)(C)C(C)(C)C)CC(C)(C)C1. The summed E-state index contributed by atoms with van der Waals surface area (Å²) in [6, 6.07) is 5.25. The zero-order valence-corrected chi connectivity index (χ0v) is 27.6. The Bertz CT molecular complexity index is 1380. The van der Waals surface area contributed by atoms with Gasteiger partial charge in [0.1, 0.15) is 6.10 Å². The van der Waals surface area contributed by atoms with Gasteiger partial charge in [0, 0.05) is 29.9 Å². The third-order valence-electron chi connectivity index (χ3n) is 10.1. The molecule has 2 unspecified atom stereocenters. The van der Waals surface area contributed by atoms with Gasteiger partial charge < -0.3 is 19.2 Å². The van der Waals surface area contributed by atoms with E-state index >= 15 is 0 Å². The molecule has 0 radical (unpaired) electrons. The van der Waals surface area contributed by atoms with Gasteiger partial charge in [0.25, 0.3) is 0 Å². The number of hydrogen-bond donors (Lipinski definition) is 1. The van der Waals surface area contributed by atoms with Crippen LogP contribution in [0.5, 0.6) is 0 Å². The van der Waals surface area contributed by atoms with Gasteiger partial charge in [0.15, 0.2) is 8.32 Å². The first-order valence-corrected chi connectivity index (χ1v) is 18.2. The Morgan fingerprint density at radius 3 is 2.21 bits per heavy atom. The fraction of sp³-hybridized carbons (Fsp3) is 0.636. The molecular weight excluding hydrogens is 573 g/mol. The molecule has 2 aromatic rings. The number of amides is 1. The number of rotatable bonds is 4. The number of aromatic nitrogens is 1. The van der Waals surface area contributed by atoms with Gasteiger partial charge >= 0.3 is 12.3 Å². The van der Waals surface area contributed by atoms with Crippen LogP contribution in [0.25, 0.3) is 0 Å². The first kappa shape index (κ1) is 32.0. The standard InChI is InChI=1S/C33H45F3N2O4Si/c1-19-28-27(29(41-19)21-9-11-22(12-10-21)33(34,35)36)25(20-13-15-38(16-14-20)30(39)40)26-23(37-28)17-32(5,6)18-24(26)42-43(7,8)31(2,3)4/h9-12,19-20,24,29H,13-18H2,1-8H3,(H,39,40)/t19?,24-,29?/m0/s1. The normalized spacial score (nSPS) is 24.5. The molecule has 5 rings (SSSR count). The lowest BCUT2D eigenvalue weighted by Gasteiger charge is -2.46. The van der Waals surface area contributed by atoms with Crippen LogP contribution >= 0.6 is 0 Å². The highest BCUT2D eigenvalue weighted by atomic mass is 28.4. The van der Waals surface area contributed by atoms with Crippen LogP contribution in [-0.2, 0) is 21.8 Å². The fourth-order valence-corrected chi connectivity index (χ4v) is 8.04. The van der Waals surface area contributed by atoms with Crippen LogP contribution in [0.15, 0.2) is 24.3 Å². The van der Waals surface area contributed by atoms with Crippen molar-refractivity contribution in [2.45, 2.75) is 116 Å². The van der Waals surface area contributed by atoms with Crippen molar-refractivity contribution in [3.05, 3.63) is 63.5 Å². The molecule has 0 bridgehead atoms. The largest absolute Gasteiger partial charge is 0.465 e. The lowest BCUT2D eigenvalue weighted by molar-refractivity contribution is -0.137. The lowest BCUT2D eigenvalue weighted by Crippen LogP contribution is -2.44. The van der Waals surface area contributed by atoms with Gasteiger partial charge in [-0.25, -0.2) is 4.79 Å². The zero-order valence-electron chi connectivity index (χ0n) is 26.6. The molecule has 1 aromatic heterocycles. The van der Waals surface area contributed by atoms with Crippen molar-refractivity contribution in [2.24, 2.45) is 5.41 Å². The minimum Gasteiger partial charge on any atom is -0.465 e. The van der Waals surface area contributed by atoms with Gasteiger partial charge in [-0.2, -0.15) is 13.2 Å². The average molecular weight is 619 g/mol. The van der Waals surface area contributed by atoms with Crippen molar-refractivity contribution in [1.29, 1.82) is 0 Å². The Morgan fingerprint density at radius 2 is 1.67 bits per heavy atom. The van der Waals surface area contributed by atoms with E-state index in [2.05, 4.69) is 47.7 Å². The summed E-state index contributed by atoms with van der Waals surface area (Å²) in [5.74, 6) is 0.0543. The van der Waals surface area contributed by atoms with Crippen LogP contribution in [0.3, 0.4) is 0 Å². The van der Waals surface area contributed by atoms with Crippen LogP contribution < -0.4 is 0 Å². The number of ether oxygens (including phenoxy) is 1. The number of hydrogen-bond acceptors (Lipinski definition) is 4. The molecule has 1 N–H and O–H groups in total. The molecule has 1 amide bonds. The number of alkyl halides is 3. The minimum atomic E-state index is -4.43. The van der Waals surface area contributed by atoms with Crippen LogP contribution in [0.4, 0.5) is 18.0 Å².